The molecule has 1 aromatic carbocycles. The molecule has 0 aliphatic heterocycles. The van der Waals surface area contributed by atoms with Crippen LogP contribution in [0.5, 0.6) is 0 Å². The molecule has 20 heavy (non-hydrogen) atoms. The number of benzene rings is 1. The lowest BCUT2D eigenvalue weighted by atomic mass is 10.1. The summed E-state index contributed by atoms with van der Waals surface area (Å²) in [7, 11) is 1.52. The van der Waals surface area contributed by atoms with Crippen molar-refractivity contribution in [3.05, 3.63) is 40.6 Å². The largest absolute Gasteiger partial charge is 0.480 e. The van der Waals surface area contributed by atoms with Gasteiger partial charge in [0.25, 0.3) is 0 Å². The van der Waals surface area contributed by atoms with E-state index in [1.54, 1.807) is 24.4 Å². The Morgan fingerprint density at radius 1 is 1.45 bits per heavy atom. The zero-order chi connectivity index (χ0) is 14.9. The van der Waals surface area contributed by atoms with Crippen molar-refractivity contribution in [1.29, 1.82) is 0 Å². The molecule has 0 fully saturated rings. The number of rotatable bonds is 4. The highest BCUT2D eigenvalue weighted by atomic mass is 16.6. The summed E-state index contributed by atoms with van der Waals surface area (Å²) in [6.45, 7) is 1.47. The average Bonchev–Trinajstić information content (AvgIpc) is 2.44. The third-order valence-corrected chi connectivity index (χ3v) is 3.24. The first-order valence-corrected chi connectivity index (χ1v) is 5.91. The third-order valence-electron chi connectivity index (χ3n) is 3.24. The number of nitro benzene ring substituents is 1. The van der Waals surface area contributed by atoms with Crippen molar-refractivity contribution in [2.75, 3.05) is 11.9 Å². The van der Waals surface area contributed by atoms with E-state index in [1.165, 1.54) is 24.9 Å². The fourth-order valence-corrected chi connectivity index (χ4v) is 1.98. The maximum Gasteiger partial charge on any atom is 0.326 e. The smallest absolute Gasteiger partial charge is 0.326 e. The van der Waals surface area contributed by atoms with Crippen LogP contribution in [0.15, 0.2) is 30.5 Å². The molecular formula is C13H13N3O4. The van der Waals surface area contributed by atoms with Crippen LogP contribution in [0.3, 0.4) is 0 Å². The van der Waals surface area contributed by atoms with Gasteiger partial charge >= 0.3 is 11.7 Å². The molecule has 0 aliphatic carbocycles. The van der Waals surface area contributed by atoms with Gasteiger partial charge < -0.3 is 10.0 Å². The summed E-state index contributed by atoms with van der Waals surface area (Å²) in [6.07, 6.45) is 1.55. The molecule has 0 amide bonds. The van der Waals surface area contributed by atoms with Gasteiger partial charge in [0.15, 0.2) is 0 Å². The summed E-state index contributed by atoms with van der Waals surface area (Å²) in [5, 5.41) is 20.8. The second-order valence-electron chi connectivity index (χ2n) is 4.39. The summed E-state index contributed by atoms with van der Waals surface area (Å²) in [5.74, 6) is -1.05. The van der Waals surface area contributed by atoms with Crippen LogP contribution in [0.2, 0.25) is 0 Å². The van der Waals surface area contributed by atoms with Gasteiger partial charge in [-0.3, -0.25) is 15.1 Å². The van der Waals surface area contributed by atoms with Crippen LogP contribution >= 0.6 is 0 Å². The maximum atomic E-state index is 11.3. The minimum Gasteiger partial charge on any atom is -0.480 e. The van der Waals surface area contributed by atoms with E-state index in [1.807, 2.05) is 0 Å². The summed E-state index contributed by atoms with van der Waals surface area (Å²) >= 11 is 0. The lowest BCUT2D eigenvalue weighted by Gasteiger charge is -2.23. The Morgan fingerprint density at radius 3 is 2.75 bits per heavy atom. The lowest BCUT2D eigenvalue weighted by molar-refractivity contribution is -0.382. The minimum absolute atomic E-state index is 0.133. The van der Waals surface area contributed by atoms with Gasteiger partial charge in [0.1, 0.15) is 11.7 Å². The van der Waals surface area contributed by atoms with Gasteiger partial charge in [-0.1, -0.05) is 0 Å². The predicted molar refractivity (Wildman–Crippen MR) is 73.9 cm³/mol. The number of fused-ring (bicyclic) bond motifs is 1. The van der Waals surface area contributed by atoms with Gasteiger partial charge in [-0.2, -0.15) is 0 Å². The molecule has 2 aromatic rings. The van der Waals surface area contributed by atoms with E-state index in [9.17, 15) is 14.9 Å². The number of carboxylic acids is 1. The summed E-state index contributed by atoms with van der Waals surface area (Å²) in [4.78, 5) is 27.3. The van der Waals surface area contributed by atoms with Crippen molar-refractivity contribution in [2.24, 2.45) is 0 Å². The molecule has 1 heterocycles. The molecule has 1 unspecified atom stereocenters. The quantitative estimate of drug-likeness (QED) is 0.677. The molecule has 0 spiro atoms. The highest BCUT2D eigenvalue weighted by Crippen LogP contribution is 2.35. The van der Waals surface area contributed by atoms with Gasteiger partial charge in [-0.15, -0.1) is 0 Å². The van der Waals surface area contributed by atoms with Gasteiger partial charge in [-0.05, 0) is 31.2 Å². The van der Waals surface area contributed by atoms with E-state index in [2.05, 4.69) is 4.98 Å². The maximum absolute atomic E-state index is 11.3. The van der Waals surface area contributed by atoms with Gasteiger partial charge in [0.05, 0.1) is 15.8 Å². The van der Waals surface area contributed by atoms with Crippen LogP contribution in [0.25, 0.3) is 10.9 Å². The number of carboxylic acid groups (broad SMARTS) is 1. The van der Waals surface area contributed by atoms with Crippen LogP contribution in [-0.2, 0) is 4.79 Å². The summed E-state index contributed by atoms with van der Waals surface area (Å²) in [5.41, 5.74) is 0.621. The molecule has 0 aliphatic rings. The molecular weight excluding hydrogens is 262 g/mol. The Morgan fingerprint density at radius 2 is 2.15 bits per heavy atom. The molecule has 0 bridgehead atoms. The first kappa shape index (κ1) is 13.7. The van der Waals surface area contributed by atoms with Crippen LogP contribution in [0.1, 0.15) is 6.92 Å². The van der Waals surface area contributed by atoms with E-state index in [-0.39, 0.29) is 11.4 Å². The third kappa shape index (κ3) is 2.25. The van der Waals surface area contributed by atoms with Gasteiger partial charge in [0, 0.05) is 13.2 Å². The molecule has 104 valence electrons. The van der Waals surface area contributed by atoms with E-state index >= 15 is 0 Å². The first-order valence-electron chi connectivity index (χ1n) is 5.91. The number of likely N-dealkylation sites (N-methyl/N-ethyl adjacent to an activating group) is 1. The van der Waals surface area contributed by atoms with Gasteiger partial charge in [0.2, 0.25) is 0 Å². The Labute approximate surface area is 114 Å². The molecule has 0 saturated heterocycles. The molecule has 0 radical (unpaired) electrons. The molecule has 0 saturated carbocycles. The fraction of sp³-hybridized carbons (Fsp3) is 0.231. The predicted octanol–water partition coefficient (Wildman–Crippen LogP) is 2.05. The van der Waals surface area contributed by atoms with E-state index in [0.717, 1.165) is 0 Å². The average molecular weight is 275 g/mol. The van der Waals surface area contributed by atoms with E-state index < -0.39 is 16.9 Å². The Bertz CT molecular complexity index is 686. The number of aromatic nitrogens is 1. The highest BCUT2D eigenvalue weighted by molar-refractivity contribution is 5.95. The topological polar surface area (TPSA) is 96.6 Å². The Balaban J connectivity index is 2.67. The minimum atomic E-state index is -1.05. The van der Waals surface area contributed by atoms with Crippen LogP contribution in [0.4, 0.5) is 11.4 Å². The molecule has 2 rings (SSSR count). The number of nitro groups is 1. The molecule has 1 atom stereocenters. The van der Waals surface area contributed by atoms with Crippen molar-refractivity contribution in [1.82, 2.24) is 4.98 Å². The SMILES string of the molecule is CC(C(=O)O)N(C)c1ccc2ncccc2c1[N+](=O)[O-]. The summed E-state index contributed by atoms with van der Waals surface area (Å²) in [6, 6.07) is 5.50. The van der Waals surface area contributed by atoms with Gasteiger partial charge in [-0.25, -0.2) is 4.79 Å². The zero-order valence-electron chi connectivity index (χ0n) is 11.0. The van der Waals surface area contributed by atoms with Crippen molar-refractivity contribution < 1.29 is 14.8 Å². The Hall–Kier alpha value is -2.70. The highest BCUT2D eigenvalue weighted by Gasteiger charge is 2.26. The molecule has 7 heteroatoms. The second kappa shape index (κ2) is 5.12. The number of nitrogens with zero attached hydrogens (tertiary/aromatic N) is 3. The van der Waals surface area contributed by atoms with Crippen LogP contribution < -0.4 is 4.90 Å². The number of aliphatic carboxylic acids is 1. The number of hydrogen-bond donors (Lipinski definition) is 1. The van der Waals surface area contributed by atoms with Crippen LogP contribution in [-0.4, -0.2) is 34.1 Å². The standard InChI is InChI=1S/C13H13N3O4/c1-8(13(17)18)15(2)11-6-5-10-9(4-3-7-14-10)12(11)16(19)20/h3-8H,1-2H3,(H,17,18). The fourth-order valence-electron chi connectivity index (χ4n) is 1.98. The normalized spacial score (nSPS) is 12.1. The number of carbonyl (C=O) groups is 1. The van der Waals surface area contributed by atoms with E-state index in [0.29, 0.717) is 10.9 Å². The number of pyridine rings is 1. The Kier molecular flexibility index (Phi) is 3.51. The van der Waals surface area contributed by atoms with E-state index in [4.69, 9.17) is 5.11 Å². The first-order chi connectivity index (χ1) is 9.43. The molecule has 7 nitrogen and oxygen atoms in total. The second-order valence-corrected chi connectivity index (χ2v) is 4.39. The van der Waals surface area contributed by atoms with Crippen LogP contribution in [0, 0.1) is 10.1 Å². The van der Waals surface area contributed by atoms with Crippen molar-refractivity contribution in [3.8, 4) is 0 Å². The number of hydrogen-bond acceptors (Lipinski definition) is 5. The number of anilines is 1. The monoisotopic (exact) mass is 275 g/mol. The zero-order valence-corrected chi connectivity index (χ0v) is 11.0. The lowest BCUT2D eigenvalue weighted by Crippen LogP contribution is -2.36. The van der Waals surface area contributed by atoms with Crippen molar-refractivity contribution >= 4 is 28.2 Å². The molecule has 1 aromatic heterocycles. The van der Waals surface area contributed by atoms with Crippen molar-refractivity contribution in [3.63, 3.8) is 0 Å². The molecule has 1 N–H and O–H groups in total. The summed E-state index contributed by atoms with van der Waals surface area (Å²) < 4.78 is 0. The van der Waals surface area contributed by atoms with Crippen molar-refractivity contribution in [2.45, 2.75) is 13.0 Å².